The van der Waals surface area contributed by atoms with E-state index in [4.69, 9.17) is 9.47 Å². The predicted molar refractivity (Wildman–Crippen MR) is 279 cm³/mol. The maximum absolute atomic E-state index is 6.73. The Labute approximate surface area is 400 Å². The van der Waals surface area contributed by atoms with Gasteiger partial charge in [0.05, 0.1) is 16.5 Å². The topological polar surface area (TPSA) is 21.7 Å². The highest BCUT2D eigenvalue weighted by Crippen LogP contribution is 2.66. The first-order valence-electron chi connectivity index (χ1n) is 23.8. The van der Waals surface area contributed by atoms with E-state index in [9.17, 15) is 0 Å². The molecule has 2 heterocycles. The molecule has 3 heteroatoms. The van der Waals surface area contributed by atoms with E-state index in [0.717, 1.165) is 62.3 Å². The molecular formula is C66H41NO2. The molecule has 11 aromatic rings. The molecule has 0 aromatic heterocycles. The van der Waals surface area contributed by atoms with Crippen LogP contribution >= 0.6 is 0 Å². The average molecular weight is 880 g/mol. The highest BCUT2D eigenvalue weighted by molar-refractivity contribution is 6.00. The fraction of sp³-hybridized carbons (Fsp3) is 0.0303. The van der Waals surface area contributed by atoms with Crippen molar-refractivity contribution < 1.29 is 9.47 Å². The maximum atomic E-state index is 6.73. The van der Waals surface area contributed by atoms with Gasteiger partial charge in [-0.1, -0.05) is 188 Å². The fourth-order valence-electron chi connectivity index (χ4n) is 12.7. The molecule has 69 heavy (non-hydrogen) atoms. The lowest BCUT2D eigenvalue weighted by Crippen LogP contribution is -2.32. The third-order valence-electron chi connectivity index (χ3n) is 15.4. The highest BCUT2D eigenvalue weighted by atomic mass is 16.5. The standard InChI is InChI=1S/C66H41NO2/c1-2-17-44-40-45(33-32-42(44)16-1)43-34-36-46(37-35-43)67(47-38-39-53-50(41-47)48-18-3-5-20-51(48)65(53)54-22-7-11-28-60(54)68-61-29-12-8-23-55(61)65)59-27-15-26-58-64(59)49-19-4-6-21-52(49)66(58)56-24-9-13-30-62(56)69-63-31-14-10-25-57(63)66/h1-41H. The number of fused-ring (bicyclic) bond motifs is 19. The van der Waals surface area contributed by atoms with Crippen LogP contribution in [-0.4, -0.2) is 0 Å². The molecule has 2 aliphatic heterocycles. The van der Waals surface area contributed by atoms with Crippen LogP contribution in [0.5, 0.6) is 23.0 Å². The zero-order valence-electron chi connectivity index (χ0n) is 37.4. The van der Waals surface area contributed by atoms with Crippen molar-refractivity contribution in [2.45, 2.75) is 10.8 Å². The van der Waals surface area contributed by atoms with Gasteiger partial charge >= 0.3 is 0 Å². The van der Waals surface area contributed by atoms with Crippen LogP contribution in [0.3, 0.4) is 0 Å². The normalized spacial score (nSPS) is 14.3. The van der Waals surface area contributed by atoms with Gasteiger partial charge in [0, 0.05) is 39.2 Å². The highest BCUT2D eigenvalue weighted by Gasteiger charge is 2.53. The van der Waals surface area contributed by atoms with Gasteiger partial charge in [0.25, 0.3) is 0 Å². The Hall–Kier alpha value is -8.92. The van der Waals surface area contributed by atoms with Crippen LogP contribution in [0.1, 0.15) is 44.5 Å². The van der Waals surface area contributed by atoms with Crippen LogP contribution in [0.2, 0.25) is 0 Å². The van der Waals surface area contributed by atoms with E-state index in [-0.39, 0.29) is 0 Å². The number of hydrogen-bond acceptors (Lipinski definition) is 3. The van der Waals surface area contributed by atoms with Crippen molar-refractivity contribution in [1.29, 1.82) is 0 Å². The molecule has 0 saturated heterocycles. The predicted octanol–water partition coefficient (Wildman–Crippen LogP) is 16.9. The molecule has 0 bridgehead atoms. The quantitative estimate of drug-likeness (QED) is 0.176. The first-order valence-corrected chi connectivity index (χ1v) is 23.8. The van der Waals surface area contributed by atoms with Crippen LogP contribution in [0.4, 0.5) is 17.1 Å². The number of nitrogens with zero attached hydrogens (tertiary/aromatic N) is 1. The molecule has 0 radical (unpaired) electrons. The third-order valence-corrected chi connectivity index (χ3v) is 15.4. The first-order chi connectivity index (χ1) is 34.2. The van der Waals surface area contributed by atoms with Crippen LogP contribution in [0.25, 0.3) is 44.2 Å². The molecule has 2 aliphatic carbocycles. The van der Waals surface area contributed by atoms with Gasteiger partial charge in [-0.25, -0.2) is 0 Å². The molecule has 15 rings (SSSR count). The summed E-state index contributed by atoms with van der Waals surface area (Å²) in [5.41, 5.74) is 18.9. The number of ether oxygens (including phenoxy) is 2. The Morgan fingerprint density at radius 2 is 0.725 bits per heavy atom. The minimum Gasteiger partial charge on any atom is -0.457 e. The summed E-state index contributed by atoms with van der Waals surface area (Å²) in [4.78, 5) is 2.50. The minimum absolute atomic E-state index is 0.564. The van der Waals surface area contributed by atoms with Crippen LogP contribution < -0.4 is 14.4 Å². The average Bonchev–Trinajstić information content (AvgIpc) is 3.87. The molecular weight excluding hydrogens is 839 g/mol. The Kier molecular flexibility index (Phi) is 7.92. The molecule has 11 aromatic carbocycles. The first kappa shape index (κ1) is 38.2. The SMILES string of the molecule is c1ccc2c(c1)Oc1ccccc1C21c2ccccc2-c2cc(N(c3ccc(-c4ccc5ccccc5c4)cc3)c3cccc4c3-c3ccccc3C43c4ccccc4Oc4ccccc43)ccc21. The van der Waals surface area contributed by atoms with Gasteiger partial charge in [0.15, 0.2) is 0 Å². The van der Waals surface area contributed by atoms with Crippen molar-refractivity contribution in [3.8, 4) is 56.4 Å². The molecule has 0 atom stereocenters. The third kappa shape index (κ3) is 5.11. The lowest BCUT2D eigenvalue weighted by molar-refractivity contribution is 0.436. The summed E-state index contributed by atoms with van der Waals surface area (Å²) in [6.07, 6.45) is 0. The van der Waals surface area contributed by atoms with Crippen molar-refractivity contribution in [1.82, 2.24) is 0 Å². The van der Waals surface area contributed by atoms with Gasteiger partial charge in [0.2, 0.25) is 0 Å². The van der Waals surface area contributed by atoms with Gasteiger partial charge in [0.1, 0.15) is 23.0 Å². The summed E-state index contributed by atoms with van der Waals surface area (Å²) in [6, 6.07) is 91.0. The molecule has 322 valence electrons. The summed E-state index contributed by atoms with van der Waals surface area (Å²) in [5, 5.41) is 2.47. The Morgan fingerprint density at radius 1 is 0.275 bits per heavy atom. The van der Waals surface area contributed by atoms with Gasteiger partial charge in [-0.05, 0) is 122 Å². The Balaban J connectivity index is 0.993. The second kappa shape index (κ2) is 14.3. The Bertz CT molecular complexity index is 3850. The largest absolute Gasteiger partial charge is 0.457 e. The lowest BCUT2D eigenvalue weighted by Gasteiger charge is -2.39. The number of benzene rings is 11. The zero-order valence-corrected chi connectivity index (χ0v) is 37.4. The van der Waals surface area contributed by atoms with Crippen molar-refractivity contribution in [3.05, 3.63) is 293 Å². The van der Waals surface area contributed by atoms with E-state index in [1.165, 1.54) is 66.4 Å². The molecule has 3 nitrogen and oxygen atoms in total. The monoisotopic (exact) mass is 879 g/mol. The van der Waals surface area contributed by atoms with E-state index in [0.29, 0.717) is 0 Å². The molecule has 0 saturated carbocycles. The number of para-hydroxylation sites is 4. The van der Waals surface area contributed by atoms with Crippen LogP contribution in [-0.2, 0) is 10.8 Å². The summed E-state index contributed by atoms with van der Waals surface area (Å²) in [6.45, 7) is 0. The van der Waals surface area contributed by atoms with Gasteiger partial charge in [-0.15, -0.1) is 0 Å². The van der Waals surface area contributed by atoms with Gasteiger partial charge < -0.3 is 14.4 Å². The van der Waals surface area contributed by atoms with Gasteiger partial charge in [-0.2, -0.15) is 0 Å². The summed E-state index contributed by atoms with van der Waals surface area (Å²) in [5.74, 6) is 3.54. The van der Waals surface area contributed by atoms with Crippen molar-refractivity contribution in [3.63, 3.8) is 0 Å². The summed E-state index contributed by atoms with van der Waals surface area (Å²) in [7, 11) is 0. The van der Waals surface area contributed by atoms with E-state index < -0.39 is 10.8 Å². The van der Waals surface area contributed by atoms with E-state index >= 15 is 0 Å². The molecule has 4 aliphatic rings. The van der Waals surface area contributed by atoms with Crippen molar-refractivity contribution in [2.24, 2.45) is 0 Å². The van der Waals surface area contributed by atoms with Crippen LogP contribution in [0.15, 0.2) is 249 Å². The lowest BCUT2D eigenvalue weighted by atomic mass is 9.66. The van der Waals surface area contributed by atoms with E-state index in [1.807, 2.05) is 0 Å². The second-order valence-electron chi connectivity index (χ2n) is 18.7. The molecule has 0 unspecified atom stereocenters. The maximum Gasteiger partial charge on any atom is 0.132 e. The van der Waals surface area contributed by atoms with Crippen molar-refractivity contribution in [2.75, 3.05) is 4.90 Å². The summed E-state index contributed by atoms with van der Waals surface area (Å²) >= 11 is 0. The zero-order chi connectivity index (χ0) is 45.3. The molecule has 0 N–H and O–H groups in total. The van der Waals surface area contributed by atoms with E-state index in [1.54, 1.807) is 0 Å². The summed E-state index contributed by atoms with van der Waals surface area (Å²) < 4.78 is 13.4. The molecule has 2 spiro atoms. The van der Waals surface area contributed by atoms with Crippen molar-refractivity contribution >= 4 is 27.8 Å². The van der Waals surface area contributed by atoms with Gasteiger partial charge in [-0.3, -0.25) is 0 Å². The van der Waals surface area contributed by atoms with Crippen LogP contribution in [0, 0.1) is 0 Å². The Morgan fingerprint density at radius 3 is 1.35 bits per heavy atom. The number of hydrogen-bond donors (Lipinski definition) is 0. The van der Waals surface area contributed by atoms with E-state index in [2.05, 4.69) is 254 Å². The molecule has 0 fully saturated rings. The second-order valence-corrected chi connectivity index (χ2v) is 18.7. The minimum atomic E-state index is -0.605. The fourth-order valence-corrected chi connectivity index (χ4v) is 12.7. The number of rotatable bonds is 4. The number of anilines is 3. The molecule has 0 amide bonds. The smallest absolute Gasteiger partial charge is 0.132 e.